The fourth-order valence-corrected chi connectivity index (χ4v) is 2.50. The van der Waals surface area contributed by atoms with Crippen molar-refractivity contribution in [1.82, 2.24) is 0 Å². The molecule has 17 heavy (non-hydrogen) atoms. The third-order valence-electron chi connectivity index (χ3n) is 3.00. The summed E-state index contributed by atoms with van der Waals surface area (Å²) >= 11 is 6.39. The molecule has 3 aromatic carbocycles. The highest BCUT2D eigenvalue weighted by Gasteiger charge is 2.07. The van der Waals surface area contributed by atoms with E-state index in [-0.39, 0.29) is 0 Å². The summed E-state index contributed by atoms with van der Waals surface area (Å²) in [6.45, 7) is 0. The summed E-state index contributed by atoms with van der Waals surface area (Å²) in [7, 11) is 0. The third-order valence-corrected chi connectivity index (χ3v) is 3.41. The van der Waals surface area contributed by atoms with Gasteiger partial charge in [0.1, 0.15) is 0 Å². The second kappa shape index (κ2) is 3.86. The molecule has 0 bridgehead atoms. The molecule has 0 aromatic heterocycles. The number of carbonyl (C=O) groups excluding carboxylic acids is 1. The Balaban J connectivity index is 2.59. The molecule has 0 N–H and O–H groups in total. The van der Waals surface area contributed by atoms with Crippen LogP contribution in [0, 0.1) is 0 Å². The van der Waals surface area contributed by atoms with Gasteiger partial charge in [0, 0.05) is 16.3 Å². The zero-order valence-electron chi connectivity index (χ0n) is 8.98. The largest absolute Gasteiger partial charge is 0.298 e. The van der Waals surface area contributed by atoms with E-state index in [1.807, 2.05) is 42.5 Å². The predicted molar refractivity (Wildman–Crippen MR) is 71.9 cm³/mol. The molecular weight excluding hydrogens is 232 g/mol. The van der Waals surface area contributed by atoms with E-state index in [1.54, 1.807) is 6.07 Å². The third kappa shape index (κ3) is 1.51. The van der Waals surface area contributed by atoms with Crippen molar-refractivity contribution in [3.63, 3.8) is 0 Å². The smallest absolute Gasteiger partial charge is 0.150 e. The van der Waals surface area contributed by atoms with Crippen LogP contribution in [0.25, 0.3) is 21.5 Å². The van der Waals surface area contributed by atoms with Gasteiger partial charge in [0.05, 0.1) is 5.02 Å². The molecule has 0 aliphatic rings. The van der Waals surface area contributed by atoms with Crippen LogP contribution in [-0.4, -0.2) is 6.29 Å². The molecule has 0 spiro atoms. The minimum Gasteiger partial charge on any atom is -0.298 e. The first-order valence-corrected chi connectivity index (χ1v) is 5.74. The first-order valence-electron chi connectivity index (χ1n) is 5.36. The van der Waals surface area contributed by atoms with Crippen LogP contribution in [0.5, 0.6) is 0 Å². The summed E-state index contributed by atoms with van der Waals surface area (Å²) in [6.07, 6.45) is 0.868. The number of hydrogen-bond donors (Lipinski definition) is 0. The Morgan fingerprint density at radius 2 is 1.65 bits per heavy atom. The normalized spacial score (nSPS) is 10.9. The number of hydrogen-bond acceptors (Lipinski definition) is 1. The second-order valence-corrected chi connectivity index (χ2v) is 4.35. The molecule has 3 rings (SSSR count). The van der Waals surface area contributed by atoms with Gasteiger partial charge < -0.3 is 0 Å². The Bertz CT molecular complexity index is 731. The average molecular weight is 241 g/mol. The molecule has 0 saturated heterocycles. The van der Waals surface area contributed by atoms with Crippen molar-refractivity contribution < 1.29 is 4.79 Å². The number of halogens is 1. The molecule has 0 amide bonds. The van der Waals surface area contributed by atoms with Crippen molar-refractivity contribution in [3.05, 3.63) is 59.1 Å². The molecule has 0 aliphatic heterocycles. The van der Waals surface area contributed by atoms with Crippen LogP contribution >= 0.6 is 11.6 Å². The Labute approximate surface area is 104 Å². The van der Waals surface area contributed by atoms with Gasteiger partial charge in [-0.15, -0.1) is 0 Å². The molecule has 0 atom stereocenters. The quantitative estimate of drug-likeness (QED) is 0.453. The molecular formula is C15H9ClO. The van der Waals surface area contributed by atoms with Crippen molar-refractivity contribution in [3.8, 4) is 0 Å². The van der Waals surface area contributed by atoms with Gasteiger partial charge in [0.25, 0.3) is 0 Å². The maximum absolute atomic E-state index is 11.0. The monoisotopic (exact) mass is 240 g/mol. The van der Waals surface area contributed by atoms with E-state index in [1.165, 1.54) is 0 Å². The lowest BCUT2D eigenvalue weighted by atomic mass is 10.0. The molecule has 0 fully saturated rings. The van der Waals surface area contributed by atoms with E-state index in [0.717, 1.165) is 27.8 Å². The van der Waals surface area contributed by atoms with Gasteiger partial charge in [-0.25, -0.2) is 0 Å². The summed E-state index contributed by atoms with van der Waals surface area (Å²) in [4.78, 5) is 11.0. The fourth-order valence-electron chi connectivity index (χ4n) is 2.16. The van der Waals surface area contributed by atoms with Gasteiger partial charge in [-0.3, -0.25) is 4.79 Å². The van der Waals surface area contributed by atoms with E-state index in [0.29, 0.717) is 10.6 Å². The van der Waals surface area contributed by atoms with Crippen molar-refractivity contribution in [2.24, 2.45) is 0 Å². The van der Waals surface area contributed by atoms with E-state index >= 15 is 0 Å². The molecule has 1 nitrogen and oxygen atoms in total. The van der Waals surface area contributed by atoms with Crippen LogP contribution in [0.4, 0.5) is 0 Å². The minimum atomic E-state index is 0.676. The number of aldehydes is 1. The lowest BCUT2D eigenvalue weighted by Crippen LogP contribution is -1.85. The van der Waals surface area contributed by atoms with Crippen LogP contribution < -0.4 is 0 Å². The number of fused-ring (bicyclic) bond motifs is 2. The van der Waals surface area contributed by atoms with Gasteiger partial charge in [-0.05, 0) is 16.8 Å². The lowest BCUT2D eigenvalue weighted by molar-refractivity contribution is 0.112. The molecule has 82 valence electrons. The fraction of sp³-hybridized carbons (Fsp3) is 0. The summed E-state index contributed by atoms with van der Waals surface area (Å²) in [6, 6.07) is 15.5. The van der Waals surface area contributed by atoms with Crippen LogP contribution in [-0.2, 0) is 0 Å². The van der Waals surface area contributed by atoms with Gasteiger partial charge in [-0.2, -0.15) is 0 Å². The lowest BCUT2D eigenvalue weighted by Gasteiger charge is -2.07. The first-order chi connectivity index (χ1) is 8.31. The maximum Gasteiger partial charge on any atom is 0.150 e. The average Bonchev–Trinajstić information content (AvgIpc) is 2.38. The highest BCUT2D eigenvalue weighted by molar-refractivity contribution is 6.41. The van der Waals surface area contributed by atoms with Crippen molar-refractivity contribution in [2.75, 3.05) is 0 Å². The maximum atomic E-state index is 11.0. The van der Waals surface area contributed by atoms with E-state index in [2.05, 4.69) is 0 Å². The molecule has 0 radical (unpaired) electrons. The van der Waals surface area contributed by atoms with Crippen LogP contribution in [0.2, 0.25) is 5.02 Å². The van der Waals surface area contributed by atoms with Crippen LogP contribution in [0.3, 0.4) is 0 Å². The van der Waals surface area contributed by atoms with Crippen LogP contribution in [0.15, 0.2) is 48.5 Å². The molecule has 0 unspecified atom stereocenters. The Hall–Kier alpha value is -1.86. The minimum absolute atomic E-state index is 0.676. The zero-order chi connectivity index (χ0) is 11.8. The highest BCUT2D eigenvalue weighted by Crippen LogP contribution is 2.33. The summed E-state index contributed by atoms with van der Waals surface area (Å²) in [5.74, 6) is 0. The Morgan fingerprint density at radius 1 is 0.882 bits per heavy atom. The topological polar surface area (TPSA) is 17.1 Å². The summed E-state index contributed by atoms with van der Waals surface area (Å²) in [5, 5.41) is 4.62. The molecule has 3 aromatic rings. The summed E-state index contributed by atoms with van der Waals surface area (Å²) < 4.78 is 0. The van der Waals surface area contributed by atoms with Gasteiger partial charge >= 0.3 is 0 Å². The standard InChI is InChI=1S/C15H9ClO/c16-15-12-6-2-1-4-10(12)8-14-11(9-17)5-3-7-13(14)15/h1-9H. The number of benzene rings is 3. The number of carbonyl (C=O) groups is 1. The second-order valence-electron chi connectivity index (χ2n) is 3.97. The van der Waals surface area contributed by atoms with Gasteiger partial charge in [0.2, 0.25) is 0 Å². The molecule has 0 saturated carbocycles. The zero-order valence-corrected chi connectivity index (χ0v) is 9.74. The number of rotatable bonds is 1. The summed E-state index contributed by atoms with van der Waals surface area (Å²) in [5.41, 5.74) is 0.676. The van der Waals surface area contributed by atoms with E-state index in [9.17, 15) is 4.79 Å². The Kier molecular flexibility index (Phi) is 2.34. The van der Waals surface area contributed by atoms with Crippen molar-refractivity contribution in [1.29, 1.82) is 0 Å². The van der Waals surface area contributed by atoms with E-state index < -0.39 is 0 Å². The Morgan fingerprint density at radius 3 is 2.47 bits per heavy atom. The van der Waals surface area contributed by atoms with Crippen molar-refractivity contribution in [2.45, 2.75) is 0 Å². The van der Waals surface area contributed by atoms with E-state index in [4.69, 9.17) is 11.6 Å². The van der Waals surface area contributed by atoms with Gasteiger partial charge in [0.15, 0.2) is 6.29 Å². The molecule has 0 aliphatic carbocycles. The highest BCUT2D eigenvalue weighted by atomic mass is 35.5. The molecule has 2 heteroatoms. The molecule has 0 heterocycles. The van der Waals surface area contributed by atoms with Crippen LogP contribution in [0.1, 0.15) is 10.4 Å². The van der Waals surface area contributed by atoms with Gasteiger partial charge in [-0.1, -0.05) is 54.1 Å². The predicted octanol–water partition coefficient (Wildman–Crippen LogP) is 4.46. The van der Waals surface area contributed by atoms with Crippen molar-refractivity contribution >= 4 is 39.4 Å². The SMILES string of the molecule is O=Cc1cccc2c(Cl)c3ccccc3cc12. The first kappa shape index (κ1) is 10.3.